The Bertz CT molecular complexity index is 1360. The van der Waals surface area contributed by atoms with Gasteiger partial charge in [0, 0.05) is 19.3 Å². The molecule has 0 saturated heterocycles. The molecule has 0 aliphatic carbocycles. The van der Waals surface area contributed by atoms with Gasteiger partial charge in [-0.2, -0.15) is 0 Å². The van der Waals surface area contributed by atoms with E-state index in [1.54, 1.807) is 0 Å². The maximum absolute atomic E-state index is 12.9. The minimum absolute atomic E-state index is 0.0775. The van der Waals surface area contributed by atoms with E-state index in [4.69, 9.17) is 14.2 Å². The maximum Gasteiger partial charge on any atom is 0.306 e. The first-order chi connectivity index (χ1) is 39.0. The van der Waals surface area contributed by atoms with E-state index in [0.717, 1.165) is 83.5 Å². The third-order valence-corrected chi connectivity index (χ3v) is 15.8. The van der Waals surface area contributed by atoms with Crippen LogP contribution in [0, 0.1) is 0 Å². The Hall–Kier alpha value is -2.63. The third-order valence-electron chi connectivity index (χ3n) is 15.8. The molecule has 0 rings (SSSR count). The fourth-order valence-electron chi connectivity index (χ4n) is 10.6. The van der Waals surface area contributed by atoms with Crippen LogP contribution >= 0.6 is 0 Å². The largest absolute Gasteiger partial charge is 0.462 e. The Kier molecular flexibility index (Phi) is 65.6. The van der Waals surface area contributed by atoms with Crippen LogP contribution in [0.2, 0.25) is 0 Å². The van der Waals surface area contributed by atoms with Gasteiger partial charge in [0.25, 0.3) is 0 Å². The molecular weight excluding hydrogens is 973 g/mol. The fraction of sp³-hybridized carbons (Fsp3) is 0.849. The van der Waals surface area contributed by atoms with Gasteiger partial charge in [-0.25, -0.2) is 0 Å². The van der Waals surface area contributed by atoms with Crippen molar-refractivity contribution in [2.24, 2.45) is 0 Å². The Balaban J connectivity index is 4.14. The van der Waals surface area contributed by atoms with E-state index in [9.17, 15) is 14.4 Å². The van der Waals surface area contributed by atoms with Crippen LogP contribution in [-0.4, -0.2) is 37.2 Å². The van der Waals surface area contributed by atoms with Crippen molar-refractivity contribution in [2.45, 2.75) is 386 Å². The number of carbonyl (C=O) groups is 3. The van der Waals surface area contributed by atoms with Gasteiger partial charge in [-0.1, -0.05) is 333 Å². The summed E-state index contributed by atoms with van der Waals surface area (Å²) in [6, 6.07) is 0. The zero-order valence-electron chi connectivity index (χ0n) is 53.2. The van der Waals surface area contributed by atoms with Crippen LogP contribution in [0.4, 0.5) is 0 Å². The molecule has 6 nitrogen and oxygen atoms in total. The number of carbonyl (C=O) groups excluding carboxylic acids is 3. The van der Waals surface area contributed by atoms with Gasteiger partial charge in [-0.3, -0.25) is 14.4 Å². The van der Waals surface area contributed by atoms with Gasteiger partial charge in [0.1, 0.15) is 13.2 Å². The van der Waals surface area contributed by atoms with Crippen LogP contribution in [-0.2, 0) is 28.6 Å². The molecule has 0 fully saturated rings. The van der Waals surface area contributed by atoms with Crippen LogP contribution in [0.3, 0.4) is 0 Å². The Morgan fingerprint density at radius 3 is 0.797 bits per heavy atom. The summed E-state index contributed by atoms with van der Waals surface area (Å²) in [6.07, 6.45) is 85.9. The predicted octanol–water partition coefficient (Wildman–Crippen LogP) is 24.1. The summed E-state index contributed by atoms with van der Waals surface area (Å²) in [7, 11) is 0. The number of rotatable bonds is 65. The molecule has 6 heteroatoms. The topological polar surface area (TPSA) is 78.9 Å². The molecule has 0 bridgehead atoms. The average Bonchev–Trinajstić information content (AvgIpc) is 3.45. The standard InChI is InChI=1S/C73H134O6/c1-4-7-10-13-16-19-22-25-27-29-30-31-32-33-34-35-36-37-38-39-40-41-42-44-45-48-51-54-57-60-63-66-72(75)78-69-70(68-77-71(74)65-62-59-56-53-50-47-24-21-18-15-12-9-6-3)79-73(76)67-64-61-58-55-52-49-46-43-28-26-23-20-17-14-11-8-5-2/h9,12,18,21,29-30,47,50,70H,4-8,10-11,13-17,19-20,22-28,31-46,48-49,51-69H2,1-3H3/b12-9-,21-18-,30-29-,50-47-. The molecule has 0 N–H and O–H groups in total. The summed E-state index contributed by atoms with van der Waals surface area (Å²) >= 11 is 0. The Morgan fingerprint density at radius 2 is 0.494 bits per heavy atom. The molecule has 1 unspecified atom stereocenters. The third kappa shape index (κ3) is 66.1. The molecule has 0 amide bonds. The molecule has 0 aromatic heterocycles. The fourth-order valence-corrected chi connectivity index (χ4v) is 10.6. The van der Waals surface area contributed by atoms with Gasteiger partial charge in [0.2, 0.25) is 0 Å². The van der Waals surface area contributed by atoms with Crippen molar-refractivity contribution in [2.75, 3.05) is 13.2 Å². The molecule has 79 heavy (non-hydrogen) atoms. The molecule has 0 aliphatic rings. The summed E-state index contributed by atoms with van der Waals surface area (Å²) in [5.41, 5.74) is 0. The van der Waals surface area contributed by atoms with Gasteiger partial charge in [0.15, 0.2) is 6.10 Å². The van der Waals surface area contributed by atoms with Crippen molar-refractivity contribution in [3.63, 3.8) is 0 Å². The molecule has 0 saturated carbocycles. The summed E-state index contributed by atoms with van der Waals surface area (Å²) in [4.78, 5) is 38.3. The smallest absolute Gasteiger partial charge is 0.306 e. The first-order valence-corrected chi connectivity index (χ1v) is 35.1. The molecule has 0 radical (unpaired) electrons. The lowest BCUT2D eigenvalue weighted by Gasteiger charge is -2.18. The monoisotopic (exact) mass is 1110 g/mol. The van der Waals surface area contributed by atoms with Crippen molar-refractivity contribution in [3.8, 4) is 0 Å². The second-order valence-electron chi connectivity index (χ2n) is 23.8. The van der Waals surface area contributed by atoms with E-state index in [1.165, 1.54) is 257 Å². The zero-order valence-corrected chi connectivity index (χ0v) is 53.2. The lowest BCUT2D eigenvalue weighted by atomic mass is 10.0. The summed E-state index contributed by atoms with van der Waals surface area (Å²) in [5.74, 6) is -0.883. The van der Waals surface area contributed by atoms with E-state index >= 15 is 0 Å². The molecule has 462 valence electrons. The molecule has 0 spiro atoms. The SMILES string of the molecule is CC/C=C\C/C=C\C/C=C\CCCCCC(=O)OCC(COC(=O)CCCCCCCCCCCCCCCCCCCCC/C=C\CCCCCCCCCC)OC(=O)CCCCCCCCCCCCCCCCCCC. The van der Waals surface area contributed by atoms with Crippen molar-refractivity contribution < 1.29 is 28.6 Å². The van der Waals surface area contributed by atoms with E-state index in [0.29, 0.717) is 19.3 Å². The molecular formula is C73H134O6. The van der Waals surface area contributed by atoms with E-state index in [1.807, 2.05) is 0 Å². The highest BCUT2D eigenvalue weighted by Crippen LogP contribution is 2.18. The van der Waals surface area contributed by atoms with Crippen molar-refractivity contribution in [3.05, 3.63) is 48.6 Å². The summed E-state index contributed by atoms with van der Waals surface area (Å²) < 4.78 is 16.9. The van der Waals surface area contributed by atoms with Gasteiger partial charge in [-0.15, -0.1) is 0 Å². The minimum atomic E-state index is -0.783. The molecule has 0 heterocycles. The van der Waals surface area contributed by atoms with Crippen LogP contribution in [0.15, 0.2) is 48.6 Å². The average molecular weight is 1110 g/mol. The number of hydrogen-bond donors (Lipinski definition) is 0. The number of allylic oxidation sites excluding steroid dienone is 8. The summed E-state index contributed by atoms with van der Waals surface area (Å²) in [6.45, 7) is 6.56. The quantitative estimate of drug-likeness (QED) is 0.0261. The molecule has 0 aromatic rings. The number of hydrogen-bond acceptors (Lipinski definition) is 6. The first-order valence-electron chi connectivity index (χ1n) is 35.1. The van der Waals surface area contributed by atoms with Gasteiger partial charge < -0.3 is 14.2 Å². The van der Waals surface area contributed by atoms with Gasteiger partial charge >= 0.3 is 17.9 Å². The van der Waals surface area contributed by atoms with Crippen LogP contribution in [0.1, 0.15) is 380 Å². The van der Waals surface area contributed by atoms with Crippen LogP contribution < -0.4 is 0 Å². The normalized spacial score (nSPS) is 12.3. The van der Waals surface area contributed by atoms with E-state index in [-0.39, 0.29) is 31.1 Å². The van der Waals surface area contributed by atoms with Crippen molar-refractivity contribution >= 4 is 17.9 Å². The Morgan fingerprint density at radius 1 is 0.266 bits per heavy atom. The molecule has 0 aliphatic heterocycles. The lowest BCUT2D eigenvalue weighted by molar-refractivity contribution is -0.167. The van der Waals surface area contributed by atoms with E-state index in [2.05, 4.69) is 69.4 Å². The Labute approximate surface area is 492 Å². The van der Waals surface area contributed by atoms with Crippen LogP contribution in [0.5, 0.6) is 0 Å². The highest BCUT2D eigenvalue weighted by atomic mass is 16.6. The number of esters is 3. The predicted molar refractivity (Wildman–Crippen MR) is 344 cm³/mol. The highest BCUT2D eigenvalue weighted by molar-refractivity contribution is 5.71. The van der Waals surface area contributed by atoms with E-state index < -0.39 is 6.10 Å². The minimum Gasteiger partial charge on any atom is -0.462 e. The second kappa shape index (κ2) is 67.9. The lowest BCUT2D eigenvalue weighted by Crippen LogP contribution is -2.30. The van der Waals surface area contributed by atoms with Gasteiger partial charge in [-0.05, 0) is 77.0 Å². The van der Waals surface area contributed by atoms with Crippen molar-refractivity contribution in [1.82, 2.24) is 0 Å². The number of ether oxygens (including phenoxy) is 3. The summed E-state index contributed by atoms with van der Waals surface area (Å²) in [5, 5.41) is 0. The molecule has 1 atom stereocenters. The zero-order chi connectivity index (χ0) is 57.1. The maximum atomic E-state index is 12.9. The molecule has 0 aromatic carbocycles. The second-order valence-corrected chi connectivity index (χ2v) is 23.8. The van der Waals surface area contributed by atoms with Crippen LogP contribution in [0.25, 0.3) is 0 Å². The van der Waals surface area contributed by atoms with Crippen molar-refractivity contribution in [1.29, 1.82) is 0 Å². The first kappa shape index (κ1) is 76.4. The van der Waals surface area contributed by atoms with Gasteiger partial charge in [0.05, 0.1) is 0 Å². The highest BCUT2D eigenvalue weighted by Gasteiger charge is 2.19. The number of unbranched alkanes of at least 4 members (excludes halogenated alkanes) is 46.